The van der Waals surface area contributed by atoms with Gasteiger partial charge in [0.05, 0.1) is 6.54 Å². The van der Waals surface area contributed by atoms with E-state index in [-0.39, 0.29) is 24.4 Å². The molecule has 1 rings (SSSR count). The summed E-state index contributed by atoms with van der Waals surface area (Å²) >= 11 is 0. The molecule has 0 aliphatic carbocycles. The molecule has 1 atom stereocenters. The van der Waals surface area contributed by atoms with Gasteiger partial charge in [0.2, 0.25) is 5.91 Å². The number of ether oxygens (including phenoxy) is 1. The molecule has 6 nitrogen and oxygen atoms in total. The number of carbonyl (C=O) groups excluding carboxylic acids is 1. The minimum absolute atomic E-state index is 0.0403. The topological polar surface area (TPSA) is 66.0 Å². The van der Waals surface area contributed by atoms with E-state index in [2.05, 4.69) is 22.2 Å². The van der Waals surface area contributed by atoms with Gasteiger partial charge in [-0.1, -0.05) is 12.1 Å². The second kappa shape index (κ2) is 10.3. The van der Waals surface area contributed by atoms with E-state index in [1.54, 1.807) is 32.3 Å². The highest BCUT2D eigenvalue weighted by atomic mass is 19.1. The number of halogens is 1. The van der Waals surface area contributed by atoms with Crippen LogP contribution in [0, 0.1) is 5.82 Å². The first kappa shape index (κ1) is 19.5. The smallest absolute Gasteiger partial charge is 0.243 e. The Morgan fingerprint density at radius 3 is 2.83 bits per heavy atom. The van der Waals surface area contributed by atoms with E-state index in [1.165, 1.54) is 17.0 Å². The van der Waals surface area contributed by atoms with Gasteiger partial charge in [0.25, 0.3) is 0 Å². The van der Waals surface area contributed by atoms with Crippen LogP contribution in [0.5, 0.6) is 5.75 Å². The van der Waals surface area contributed by atoms with Crippen LogP contribution in [0.25, 0.3) is 0 Å². The van der Waals surface area contributed by atoms with Gasteiger partial charge in [-0.15, -0.1) is 6.58 Å². The maximum Gasteiger partial charge on any atom is 0.243 e. The van der Waals surface area contributed by atoms with E-state index in [4.69, 9.17) is 4.74 Å². The maximum absolute atomic E-state index is 13.1. The molecular weight excluding hydrogens is 311 g/mol. The van der Waals surface area contributed by atoms with Crippen molar-refractivity contribution in [2.45, 2.75) is 13.0 Å². The molecule has 1 unspecified atom stereocenters. The lowest BCUT2D eigenvalue weighted by Gasteiger charge is -2.18. The minimum Gasteiger partial charge on any atom is -0.489 e. The Labute approximate surface area is 142 Å². The number of nitrogens with one attached hydrogen (secondary N) is 2. The predicted molar refractivity (Wildman–Crippen MR) is 93.7 cm³/mol. The molecule has 0 spiro atoms. The fourth-order valence-corrected chi connectivity index (χ4v) is 1.69. The number of benzene rings is 1. The molecule has 7 heteroatoms. The van der Waals surface area contributed by atoms with E-state index in [9.17, 15) is 9.18 Å². The fourth-order valence-electron chi connectivity index (χ4n) is 1.69. The third kappa shape index (κ3) is 7.62. The van der Waals surface area contributed by atoms with Gasteiger partial charge >= 0.3 is 0 Å². The van der Waals surface area contributed by atoms with Gasteiger partial charge in [-0.25, -0.2) is 9.38 Å². The van der Waals surface area contributed by atoms with Crippen LogP contribution in [0.15, 0.2) is 41.9 Å². The summed E-state index contributed by atoms with van der Waals surface area (Å²) in [7, 11) is 3.36. The molecular formula is C17H25FN4O2. The second-order valence-corrected chi connectivity index (χ2v) is 5.39. The predicted octanol–water partition coefficient (Wildman–Crippen LogP) is 1.40. The van der Waals surface area contributed by atoms with E-state index in [0.29, 0.717) is 24.8 Å². The molecule has 0 heterocycles. The summed E-state index contributed by atoms with van der Waals surface area (Å²) in [5.41, 5.74) is 0. The number of aliphatic imine (C=N–C) groups is 1. The normalized spacial score (nSPS) is 12.2. The van der Waals surface area contributed by atoms with Crippen molar-refractivity contribution in [1.29, 1.82) is 0 Å². The molecule has 1 amide bonds. The number of guanidine groups is 1. The van der Waals surface area contributed by atoms with Crippen LogP contribution in [-0.2, 0) is 4.79 Å². The fraction of sp³-hybridized carbons (Fsp3) is 0.412. The molecule has 132 valence electrons. The number of hydrogen-bond acceptors (Lipinski definition) is 3. The Bertz CT molecular complexity index is 575. The summed E-state index contributed by atoms with van der Waals surface area (Å²) in [6.07, 6.45) is 1.48. The van der Waals surface area contributed by atoms with Crippen LogP contribution >= 0.6 is 0 Å². The first-order chi connectivity index (χ1) is 11.4. The molecule has 0 aliphatic rings. The number of carbonyl (C=O) groups is 1. The zero-order valence-corrected chi connectivity index (χ0v) is 14.4. The molecule has 2 N–H and O–H groups in total. The van der Waals surface area contributed by atoms with Crippen LogP contribution in [0.3, 0.4) is 0 Å². The van der Waals surface area contributed by atoms with Gasteiger partial charge in [-0.05, 0) is 19.1 Å². The van der Waals surface area contributed by atoms with Crippen molar-refractivity contribution in [1.82, 2.24) is 15.5 Å². The molecule has 0 fully saturated rings. The number of hydrogen-bond donors (Lipinski definition) is 2. The van der Waals surface area contributed by atoms with Crippen molar-refractivity contribution >= 4 is 11.9 Å². The SMILES string of the molecule is C=CCNC(=NCC(=O)N(C)C)NCC(C)Oc1cccc(F)c1. The minimum atomic E-state index is -0.343. The van der Waals surface area contributed by atoms with E-state index in [0.717, 1.165) is 0 Å². The quantitative estimate of drug-likeness (QED) is 0.428. The molecule has 0 radical (unpaired) electrons. The largest absolute Gasteiger partial charge is 0.489 e. The van der Waals surface area contributed by atoms with Crippen molar-refractivity contribution in [2.75, 3.05) is 33.7 Å². The zero-order valence-electron chi connectivity index (χ0n) is 14.4. The number of amides is 1. The van der Waals surface area contributed by atoms with Gasteiger partial charge < -0.3 is 20.3 Å². The van der Waals surface area contributed by atoms with E-state index in [1.807, 2.05) is 6.92 Å². The molecule has 0 bridgehead atoms. The Morgan fingerprint density at radius 1 is 1.46 bits per heavy atom. The molecule has 24 heavy (non-hydrogen) atoms. The Hall–Kier alpha value is -2.57. The van der Waals surface area contributed by atoms with Crippen LogP contribution in [0.2, 0.25) is 0 Å². The lowest BCUT2D eigenvalue weighted by molar-refractivity contribution is -0.127. The Kier molecular flexibility index (Phi) is 8.32. The van der Waals surface area contributed by atoms with Crippen LogP contribution < -0.4 is 15.4 Å². The molecule has 0 saturated heterocycles. The molecule has 1 aromatic rings. The average Bonchev–Trinajstić information content (AvgIpc) is 2.53. The highest BCUT2D eigenvalue weighted by Crippen LogP contribution is 2.13. The van der Waals surface area contributed by atoms with Gasteiger partial charge in [-0.2, -0.15) is 0 Å². The third-order valence-electron chi connectivity index (χ3n) is 2.98. The average molecular weight is 336 g/mol. The highest BCUT2D eigenvalue weighted by Gasteiger charge is 2.08. The summed E-state index contributed by atoms with van der Waals surface area (Å²) in [6.45, 7) is 6.49. The maximum atomic E-state index is 13.1. The van der Waals surface area contributed by atoms with Gasteiger partial charge in [0.1, 0.15) is 24.2 Å². The summed E-state index contributed by atoms with van der Waals surface area (Å²) in [6, 6.07) is 5.98. The lowest BCUT2D eigenvalue weighted by Crippen LogP contribution is -2.42. The Morgan fingerprint density at radius 2 is 2.21 bits per heavy atom. The second-order valence-electron chi connectivity index (χ2n) is 5.39. The summed E-state index contributed by atoms with van der Waals surface area (Å²) < 4.78 is 18.8. The molecule has 0 aromatic heterocycles. The summed E-state index contributed by atoms with van der Waals surface area (Å²) in [5.74, 6) is 0.507. The molecule has 0 aliphatic heterocycles. The Balaban J connectivity index is 2.54. The molecule has 0 saturated carbocycles. The van der Waals surface area contributed by atoms with Crippen molar-refractivity contribution in [3.05, 3.63) is 42.7 Å². The first-order valence-corrected chi connectivity index (χ1v) is 7.67. The number of likely N-dealkylation sites (N-methyl/N-ethyl adjacent to an activating group) is 1. The number of rotatable bonds is 8. The first-order valence-electron chi connectivity index (χ1n) is 7.67. The van der Waals surface area contributed by atoms with Gasteiger partial charge in [0, 0.05) is 26.7 Å². The van der Waals surface area contributed by atoms with Gasteiger partial charge in [-0.3, -0.25) is 4.79 Å². The van der Waals surface area contributed by atoms with Crippen LogP contribution in [0.1, 0.15) is 6.92 Å². The standard InChI is InChI=1S/C17H25FN4O2/c1-5-9-19-17(21-12-16(23)22(3)4)20-11-13(2)24-15-8-6-7-14(18)10-15/h5-8,10,13H,1,9,11-12H2,2-4H3,(H2,19,20,21). The van der Waals surface area contributed by atoms with Crippen LogP contribution in [-0.4, -0.2) is 56.6 Å². The van der Waals surface area contributed by atoms with Crippen molar-refractivity contribution < 1.29 is 13.9 Å². The van der Waals surface area contributed by atoms with Crippen molar-refractivity contribution in [3.63, 3.8) is 0 Å². The van der Waals surface area contributed by atoms with Crippen LogP contribution in [0.4, 0.5) is 4.39 Å². The monoisotopic (exact) mass is 336 g/mol. The van der Waals surface area contributed by atoms with Gasteiger partial charge in [0.15, 0.2) is 5.96 Å². The summed E-state index contributed by atoms with van der Waals surface area (Å²) in [4.78, 5) is 17.3. The third-order valence-corrected chi connectivity index (χ3v) is 2.98. The highest BCUT2D eigenvalue weighted by molar-refractivity contribution is 5.84. The summed E-state index contributed by atoms with van der Waals surface area (Å²) in [5, 5.41) is 6.11. The van der Waals surface area contributed by atoms with E-state index < -0.39 is 0 Å². The zero-order chi connectivity index (χ0) is 17.9. The molecule has 1 aromatic carbocycles. The number of nitrogens with zero attached hydrogens (tertiary/aromatic N) is 2. The lowest BCUT2D eigenvalue weighted by atomic mass is 10.3. The van der Waals surface area contributed by atoms with Crippen molar-refractivity contribution in [3.8, 4) is 5.75 Å². The van der Waals surface area contributed by atoms with Crippen molar-refractivity contribution in [2.24, 2.45) is 4.99 Å². The van der Waals surface area contributed by atoms with E-state index >= 15 is 0 Å².